The zero-order chi connectivity index (χ0) is 11.8. The van der Waals surface area contributed by atoms with Crippen LogP contribution in [0.4, 0.5) is 0 Å². The number of hydrogen-bond acceptors (Lipinski definition) is 3. The Balaban J connectivity index is 2.52. The Hall–Kier alpha value is -1.03. The van der Waals surface area contributed by atoms with Gasteiger partial charge in [0.15, 0.2) is 0 Å². The average Bonchev–Trinajstić information content (AvgIpc) is 2.76. The van der Waals surface area contributed by atoms with Crippen LogP contribution in [0.2, 0.25) is 0 Å². The van der Waals surface area contributed by atoms with Gasteiger partial charge in [-0.2, -0.15) is 11.3 Å². The van der Waals surface area contributed by atoms with Gasteiger partial charge in [-0.3, -0.25) is 0 Å². The minimum absolute atomic E-state index is 0.0722. The fraction of sp³-hybridized carbons (Fsp3) is 0.636. The highest BCUT2D eigenvalue weighted by atomic mass is 32.1. The molecular weight excluding hydrogens is 220 g/mol. The monoisotopic (exact) mass is 238 g/mol. The van der Waals surface area contributed by atoms with Crippen LogP contribution < -0.4 is 5.73 Å². The molecule has 0 amide bonds. The molecule has 1 heterocycles. The number of nitrogens with two attached hydrogens (primary N) is 1. The maximum Gasteiger partial charge on any atom is 0.0528 e. The maximum absolute atomic E-state index is 8.52. The number of rotatable bonds is 7. The Morgan fingerprint density at radius 2 is 2.44 bits per heavy atom. The SMILES string of the molecule is CCCC[C@H](N=[N+]=[N-])[C@H](N)Cc1ccsc1. The van der Waals surface area contributed by atoms with Gasteiger partial charge in [0.1, 0.15) is 0 Å². The molecule has 1 aromatic heterocycles. The molecule has 0 radical (unpaired) electrons. The zero-order valence-electron chi connectivity index (χ0n) is 9.54. The van der Waals surface area contributed by atoms with Crippen molar-refractivity contribution in [2.45, 2.75) is 44.7 Å². The van der Waals surface area contributed by atoms with Crippen LogP contribution in [0.25, 0.3) is 10.4 Å². The normalized spacial score (nSPS) is 14.1. The largest absolute Gasteiger partial charge is 0.327 e. The molecule has 88 valence electrons. The van der Waals surface area contributed by atoms with Crippen LogP contribution in [-0.4, -0.2) is 12.1 Å². The van der Waals surface area contributed by atoms with E-state index in [0.29, 0.717) is 0 Å². The van der Waals surface area contributed by atoms with E-state index in [-0.39, 0.29) is 12.1 Å². The molecule has 16 heavy (non-hydrogen) atoms. The average molecular weight is 238 g/mol. The van der Waals surface area contributed by atoms with Gasteiger partial charge in [-0.15, -0.1) is 0 Å². The van der Waals surface area contributed by atoms with Crippen molar-refractivity contribution in [3.8, 4) is 0 Å². The Morgan fingerprint density at radius 3 is 3.00 bits per heavy atom. The van der Waals surface area contributed by atoms with Gasteiger partial charge in [-0.05, 0) is 40.8 Å². The van der Waals surface area contributed by atoms with Gasteiger partial charge >= 0.3 is 0 Å². The van der Waals surface area contributed by atoms with Crippen molar-refractivity contribution in [2.75, 3.05) is 0 Å². The first kappa shape index (κ1) is 13.0. The van der Waals surface area contributed by atoms with Crippen molar-refractivity contribution in [2.24, 2.45) is 10.8 Å². The van der Waals surface area contributed by atoms with Gasteiger partial charge < -0.3 is 5.73 Å². The van der Waals surface area contributed by atoms with Crippen molar-refractivity contribution in [1.29, 1.82) is 0 Å². The first-order chi connectivity index (χ1) is 7.77. The molecule has 0 fully saturated rings. The summed E-state index contributed by atoms with van der Waals surface area (Å²) in [5.74, 6) is 0. The van der Waals surface area contributed by atoms with Crippen molar-refractivity contribution in [1.82, 2.24) is 0 Å². The Kier molecular flexibility index (Phi) is 5.93. The molecule has 2 atom stereocenters. The summed E-state index contributed by atoms with van der Waals surface area (Å²) in [5.41, 5.74) is 15.8. The molecule has 0 saturated heterocycles. The summed E-state index contributed by atoms with van der Waals surface area (Å²) in [6, 6.07) is 1.92. The molecule has 0 aromatic carbocycles. The van der Waals surface area contributed by atoms with Crippen LogP contribution >= 0.6 is 11.3 Å². The lowest BCUT2D eigenvalue weighted by molar-refractivity contribution is 0.475. The van der Waals surface area contributed by atoms with Gasteiger partial charge in [0.05, 0.1) is 6.04 Å². The molecule has 1 aromatic rings. The van der Waals surface area contributed by atoms with Crippen LogP contribution in [0.15, 0.2) is 21.9 Å². The fourth-order valence-corrected chi connectivity index (χ4v) is 2.34. The number of unbranched alkanes of at least 4 members (excludes halogenated alkanes) is 1. The topological polar surface area (TPSA) is 74.8 Å². The molecular formula is C11H18N4S. The van der Waals surface area contributed by atoms with Crippen molar-refractivity contribution >= 4 is 11.3 Å². The predicted octanol–water partition coefficient (Wildman–Crippen LogP) is 3.49. The Morgan fingerprint density at radius 1 is 1.62 bits per heavy atom. The smallest absolute Gasteiger partial charge is 0.0528 e. The van der Waals surface area contributed by atoms with E-state index in [1.54, 1.807) is 11.3 Å². The summed E-state index contributed by atoms with van der Waals surface area (Å²) in [5, 5.41) is 7.93. The van der Waals surface area contributed by atoms with Gasteiger partial charge in [0.2, 0.25) is 0 Å². The molecule has 0 aliphatic heterocycles. The van der Waals surface area contributed by atoms with Crippen LogP contribution in [-0.2, 0) is 6.42 Å². The third-order valence-electron chi connectivity index (χ3n) is 2.60. The van der Waals surface area contributed by atoms with E-state index in [1.807, 2.05) is 5.38 Å². The third kappa shape index (κ3) is 4.23. The highest BCUT2D eigenvalue weighted by Crippen LogP contribution is 2.14. The summed E-state index contributed by atoms with van der Waals surface area (Å²) >= 11 is 1.67. The highest BCUT2D eigenvalue weighted by molar-refractivity contribution is 7.07. The summed E-state index contributed by atoms with van der Waals surface area (Å²) in [7, 11) is 0. The second-order valence-electron chi connectivity index (χ2n) is 3.91. The maximum atomic E-state index is 8.52. The molecule has 0 unspecified atom stereocenters. The van der Waals surface area contributed by atoms with Crippen LogP contribution in [0.3, 0.4) is 0 Å². The third-order valence-corrected chi connectivity index (χ3v) is 3.33. The molecule has 2 N–H and O–H groups in total. The first-order valence-corrected chi connectivity index (χ1v) is 6.53. The van der Waals surface area contributed by atoms with Gasteiger partial charge in [-0.1, -0.05) is 24.9 Å². The zero-order valence-corrected chi connectivity index (χ0v) is 10.4. The van der Waals surface area contributed by atoms with Gasteiger partial charge in [0, 0.05) is 11.0 Å². The molecule has 5 heteroatoms. The lowest BCUT2D eigenvalue weighted by Gasteiger charge is -2.18. The Labute approximate surface area is 100 Å². The number of nitrogens with zero attached hydrogens (tertiary/aromatic N) is 3. The molecule has 0 aliphatic rings. The lowest BCUT2D eigenvalue weighted by atomic mass is 9.98. The standard InChI is InChI=1S/C11H18N4S/c1-2-3-4-11(14-15-13)10(12)7-9-5-6-16-8-9/h5-6,8,10-11H,2-4,7,12H2,1H3/t10-,11+/m1/s1. The van der Waals surface area contributed by atoms with Crippen LogP contribution in [0.5, 0.6) is 0 Å². The van der Waals surface area contributed by atoms with Gasteiger partial charge in [0.25, 0.3) is 0 Å². The lowest BCUT2D eigenvalue weighted by Crippen LogP contribution is -2.35. The highest BCUT2D eigenvalue weighted by Gasteiger charge is 2.16. The number of thiophene rings is 1. The molecule has 1 rings (SSSR count). The summed E-state index contributed by atoms with van der Waals surface area (Å²) in [4.78, 5) is 2.89. The van der Waals surface area contributed by atoms with Gasteiger partial charge in [-0.25, -0.2) is 0 Å². The van der Waals surface area contributed by atoms with E-state index in [4.69, 9.17) is 11.3 Å². The second kappa shape index (κ2) is 7.28. The van der Waals surface area contributed by atoms with E-state index < -0.39 is 0 Å². The van der Waals surface area contributed by atoms with Crippen molar-refractivity contribution in [3.63, 3.8) is 0 Å². The van der Waals surface area contributed by atoms with Crippen LogP contribution in [0, 0.1) is 0 Å². The quantitative estimate of drug-likeness (QED) is 0.440. The Bertz CT molecular complexity index is 330. The van der Waals surface area contributed by atoms with Crippen molar-refractivity contribution in [3.05, 3.63) is 32.8 Å². The van der Waals surface area contributed by atoms with Crippen molar-refractivity contribution < 1.29 is 0 Å². The minimum atomic E-state index is -0.0788. The summed E-state index contributed by atoms with van der Waals surface area (Å²) in [6.07, 6.45) is 3.83. The molecule has 0 bridgehead atoms. The van der Waals surface area contributed by atoms with E-state index in [1.165, 1.54) is 5.56 Å². The van der Waals surface area contributed by atoms with Crippen LogP contribution in [0.1, 0.15) is 31.7 Å². The summed E-state index contributed by atoms with van der Waals surface area (Å²) < 4.78 is 0. The first-order valence-electron chi connectivity index (χ1n) is 5.58. The number of azide groups is 1. The van der Waals surface area contributed by atoms with E-state index in [9.17, 15) is 0 Å². The predicted molar refractivity (Wildman–Crippen MR) is 68.5 cm³/mol. The van der Waals surface area contributed by atoms with E-state index >= 15 is 0 Å². The molecule has 0 spiro atoms. The second-order valence-corrected chi connectivity index (χ2v) is 4.69. The van der Waals surface area contributed by atoms with E-state index in [2.05, 4.69) is 28.4 Å². The molecule has 4 nitrogen and oxygen atoms in total. The van der Waals surface area contributed by atoms with E-state index in [0.717, 1.165) is 25.7 Å². The minimum Gasteiger partial charge on any atom is -0.327 e. The fourth-order valence-electron chi connectivity index (χ4n) is 1.65. The molecule has 0 aliphatic carbocycles. The molecule has 0 saturated carbocycles. The summed E-state index contributed by atoms with van der Waals surface area (Å²) in [6.45, 7) is 2.12. The number of hydrogen-bond donors (Lipinski definition) is 1.